The molecule has 63 heavy (non-hydrogen) atoms. The molecule has 0 aliphatic heterocycles. The van der Waals surface area contributed by atoms with Crippen LogP contribution in [0.3, 0.4) is 0 Å². The highest BCUT2D eigenvalue weighted by Crippen LogP contribution is 2.44. The summed E-state index contributed by atoms with van der Waals surface area (Å²) in [6.45, 7) is 26.6. The lowest BCUT2D eigenvalue weighted by molar-refractivity contribution is 0.820. The number of benzene rings is 3. The van der Waals surface area contributed by atoms with E-state index in [9.17, 15) is 0 Å². The molecular weight excluding hydrogens is 771 g/mol. The summed E-state index contributed by atoms with van der Waals surface area (Å²) >= 11 is 0. The minimum Gasteiger partial charge on any atom is -0.295 e. The molecule has 7 rings (SSSR count). The van der Waals surface area contributed by atoms with E-state index in [2.05, 4.69) is 237 Å². The molecule has 7 nitrogen and oxygen atoms in total. The second kappa shape index (κ2) is 19.4. The van der Waals surface area contributed by atoms with Crippen molar-refractivity contribution in [3.8, 4) is 0 Å². The summed E-state index contributed by atoms with van der Waals surface area (Å²) < 4.78 is 0. The Labute approximate surface area is 377 Å². The molecule has 4 heterocycles. The number of aromatic nitrogens is 4. The third kappa shape index (κ3) is 10.1. The molecule has 0 aliphatic carbocycles. The molecule has 4 aromatic heterocycles. The summed E-state index contributed by atoms with van der Waals surface area (Å²) in [5.41, 5.74) is 10.6. The predicted octanol–water partition coefficient (Wildman–Crippen LogP) is 16.4. The fraction of sp³-hybridized carbons (Fsp3) is 0.321. The van der Waals surface area contributed by atoms with Gasteiger partial charge in [-0.25, -0.2) is 19.9 Å². The summed E-state index contributed by atoms with van der Waals surface area (Å²) in [5, 5.41) is 0. The Kier molecular flexibility index (Phi) is 13.7. The van der Waals surface area contributed by atoms with Gasteiger partial charge in [0.05, 0.1) is 5.69 Å². The van der Waals surface area contributed by atoms with Gasteiger partial charge in [0.25, 0.3) is 0 Å². The highest BCUT2D eigenvalue weighted by atomic mass is 15.3. The SMILES string of the molecule is CC(C)c1cccc(N(c2cc(N(c3cccc(C(C)C)c3)c3cccc(C(C)C)n3)nc(N(c3cccc(C(C)C)c3)c3cccc(C(C)C)n3)c2)c2cccc(C(C)C)n2)c1. The van der Waals surface area contributed by atoms with Gasteiger partial charge < -0.3 is 0 Å². The van der Waals surface area contributed by atoms with E-state index in [0.29, 0.717) is 29.4 Å². The van der Waals surface area contributed by atoms with E-state index in [1.165, 1.54) is 16.7 Å². The van der Waals surface area contributed by atoms with Crippen molar-refractivity contribution >= 4 is 51.8 Å². The van der Waals surface area contributed by atoms with Crippen LogP contribution in [0.25, 0.3) is 0 Å². The molecule has 0 aliphatic rings. The Morgan fingerprint density at radius 3 is 0.889 bits per heavy atom. The zero-order valence-electron chi connectivity index (χ0n) is 39.4. The number of pyridine rings is 4. The van der Waals surface area contributed by atoms with Gasteiger partial charge in [-0.05, 0) is 125 Å². The van der Waals surface area contributed by atoms with Crippen molar-refractivity contribution in [2.75, 3.05) is 14.7 Å². The van der Waals surface area contributed by atoms with Crippen LogP contribution in [0.5, 0.6) is 0 Å². The molecule has 0 bridgehead atoms. The maximum absolute atomic E-state index is 5.72. The van der Waals surface area contributed by atoms with Crippen LogP contribution in [0.2, 0.25) is 0 Å². The third-order valence-electron chi connectivity index (χ3n) is 11.6. The molecule has 0 amide bonds. The largest absolute Gasteiger partial charge is 0.295 e. The van der Waals surface area contributed by atoms with E-state index in [1.54, 1.807) is 0 Å². The van der Waals surface area contributed by atoms with E-state index in [1.807, 2.05) is 0 Å². The molecule has 3 aromatic carbocycles. The average Bonchev–Trinajstić information content (AvgIpc) is 3.27. The van der Waals surface area contributed by atoms with Crippen LogP contribution in [-0.4, -0.2) is 19.9 Å². The van der Waals surface area contributed by atoms with Crippen molar-refractivity contribution in [1.82, 2.24) is 19.9 Å². The molecule has 0 saturated carbocycles. The molecule has 0 spiro atoms. The summed E-state index contributed by atoms with van der Waals surface area (Å²) in [5.74, 6) is 5.51. The minimum absolute atomic E-state index is 0.231. The third-order valence-corrected chi connectivity index (χ3v) is 11.6. The van der Waals surface area contributed by atoms with Gasteiger partial charge in [-0.3, -0.25) is 14.7 Å². The number of rotatable bonds is 15. The number of hydrogen-bond acceptors (Lipinski definition) is 7. The van der Waals surface area contributed by atoms with E-state index in [-0.39, 0.29) is 17.8 Å². The lowest BCUT2D eigenvalue weighted by Crippen LogP contribution is -2.20. The molecule has 0 unspecified atom stereocenters. The van der Waals surface area contributed by atoms with E-state index >= 15 is 0 Å². The summed E-state index contributed by atoms with van der Waals surface area (Å²) in [6, 6.07) is 49.8. The van der Waals surface area contributed by atoms with Crippen molar-refractivity contribution in [3.63, 3.8) is 0 Å². The smallest absolute Gasteiger partial charge is 0.143 e. The van der Waals surface area contributed by atoms with Crippen LogP contribution in [0.1, 0.15) is 152 Å². The first kappa shape index (κ1) is 44.7. The second-order valence-corrected chi connectivity index (χ2v) is 18.5. The van der Waals surface area contributed by atoms with Crippen molar-refractivity contribution in [2.45, 2.75) is 119 Å². The van der Waals surface area contributed by atoms with Crippen LogP contribution in [0, 0.1) is 0 Å². The van der Waals surface area contributed by atoms with E-state index < -0.39 is 0 Å². The van der Waals surface area contributed by atoms with Gasteiger partial charge in [-0.1, -0.05) is 138 Å². The average molecular weight is 836 g/mol. The fourth-order valence-corrected chi connectivity index (χ4v) is 7.75. The quantitative estimate of drug-likeness (QED) is 0.102. The van der Waals surface area contributed by atoms with E-state index in [4.69, 9.17) is 19.9 Å². The molecule has 0 N–H and O–H groups in total. The zero-order chi connectivity index (χ0) is 44.9. The van der Waals surface area contributed by atoms with Gasteiger partial charge >= 0.3 is 0 Å². The van der Waals surface area contributed by atoms with Crippen LogP contribution in [0.4, 0.5) is 51.8 Å². The molecular formula is C56H65N7. The zero-order valence-corrected chi connectivity index (χ0v) is 39.4. The number of hydrogen-bond donors (Lipinski definition) is 0. The number of nitrogens with zero attached hydrogens (tertiary/aromatic N) is 7. The van der Waals surface area contributed by atoms with Gasteiger partial charge in [0, 0.05) is 46.3 Å². The van der Waals surface area contributed by atoms with Gasteiger partial charge in [0.1, 0.15) is 29.1 Å². The molecule has 0 radical (unpaired) electrons. The van der Waals surface area contributed by atoms with Crippen LogP contribution >= 0.6 is 0 Å². The molecule has 7 heteroatoms. The molecule has 324 valence electrons. The number of anilines is 9. The lowest BCUT2D eigenvalue weighted by Gasteiger charge is -2.32. The monoisotopic (exact) mass is 836 g/mol. The second-order valence-electron chi connectivity index (χ2n) is 18.5. The Bertz CT molecular complexity index is 2190. The Morgan fingerprint density at radius 2 is 0.571 bits per heavy atom. The highest BCUT2D eigenvalue weighted by molar-refractivity contribution is 5.85. The summed E-state index contributed by atoms with van der Waals surface area (Å²) in [6.07, 6.45) is 0. The minimum atomic E-state index is 0.231. The topological polar surface area (TPSA) is 61.3 Å². The standard InChI is InChI=1S/C56H65N7/c1-36(2)42-19-13-22-45(31-42)61(52-28-16-25-49(57-52)39(7)8)48-34-55(62(46-23-14-20-43(32-46)37(3)4)53-29-17-26-50(58-53)40(9)10)60-56(35-48)63(47-24-15-21-44(33-47)38(5)6)54-30-18-27-51(59-54)41(11)12/h13-41H,1-12H3. The molecule has 0 fully saturated rings. The van der Waals surface area contributed by atoms with Crippen LogP contribution in [-0.2, 0) is 0 Å². The Morgan fingerprint density at radius 1 is 0.270 bits per heavy atom. The van der Waals surface area contributed by atoms with Gasteiger partial charge in [0.2, 0.25) is 0 Å². The first-order chi connectivity index (χ1) is 30.2. The van der Waals surface area contributed by atoms with Crippen molar-refractivity contribution < 1.29 is 0 Å². The maximum Gasteiger partial charge on any atom is 0.143 e. The van der Waals surface area contributed by atoms with Crippen LogP contribution < -0.4 is 14.7 Å². The lowest BCUT2D eigenvalue weighted by atomic mass is 10.0. The normalized spacial score (nSPS) is 11.7. The summed E-state index contributed by atoms with van der Waals surface area (Å²) in [7, 11) is 0. The van der Waals surface area contributed by atoms with E-state index in [0.717, 1.165) is 57.3 Å². The van der Waals surface area contributed by atoms with Gasteiger partial charge in [0.15, 0.2) is 0 Å². The Balaban J connectivity index is 1.62. The predicted molar refractivity (Wildman–Crippen MR) is 266 cm³/mol. The van der Waals surface area contributed by atoms with Crippen molar-refractivity contribution in [2.24, 2.45) is 0 Å². The van der Waals surface area contributed by atoms with Crippen LogP contribution in [0.15, 0.2) is 140 Å². The molecule has 0 saturated heterocycles. The first-order valence-electron chi connectivity index (χ1n) is 22.8. The molecule has 7 aromatic rings. The van der Waals surface area contributed by atoms with Gasteiger partial charge in [-0.15, -0.1) is 0 Å². The fourth-order valence-electron chi connectivity index (χ4n) is 7.75. The van der Waals surface area contributed by atoms with Crippen molar-refractivity contribution in [1.29, 1.82) is 0 Å². The maximum atomic E-state index is 5.72. The van der Waals surface area contributed by atoms with Gasteiger partial charge in [-0.2, -0.15) is 0 Å². The first-order valence-corrected chi connectivity index (χ1v) is 22.8. The summed E-state index contributed by atoms with van der Waals surface area (Å²) in [4.78, 5) is 28.5. The Hall–Kier alpha value is -6.34. The molecule has 0 atom stereocenters. The van der Waals surface area contributed by atoms with Crippen molar-refractivity contribution in [3.05, 3.63) is 173 Å². The highest BCUT2D eigenvalue weighted by Gasteiger charge is 2.26.